The number of hydrogen-bond acceptors (Lipinski definition) is 5. The fraction of sp³-hybridized carbons (Fsp3) is 0.737. The molecule has 0 radical (unpaired) electrons. The van der Waals surface area contributed by atoms with E-state index >= 15 is 0 Å². The fourth-order valence-corrected chi connectivity index (χ4v) is 5.01. The second-order valence-electron chi connectivity index (χ2n) is 8.31. The zero-order valence-electron chi connectivity index (χ0n) is 14.6. The normalized spacial score (nSPS) is 32.0. The van der Waals surface area contributed by atoms with E-state index in [0.717, 1.165) is 81.7 Å². The summed E-state index contributed by atoms with van der Waals surface area (Å²) in [7, 11) is 0. The van der Waals surface area contributed by atoms with Crippen LogP contribution in [0.2, 0.25) is 0 Å². The van der Waals surface area contributed by atoms with Crippen LogP contribution in [-0.4, -0.2) is 46.7 Å². The molecule has 1 spiro atoms. The lowest BCUT2D eigenvalue weighted by Gasteiger charge is -2.44. The molecule has 0 unspecified atom stereocenters. The van der Waals surface area contributed by atoms with E-state index in [-0.39, 0.29) is 17.4 Å². The summed E-state index contributed by atoms with van der Waals surface area (Å²) < 4.78 is 0. The van der Waals surface area contributed by atoms with Gasteiger partial charge in [0.1, 0.15) is 17.3 Å². The van der Waals surface area contributed by atoms with Crippen molar-refractivity contribution < 1.29 is 9.90 Å². The Labute approximate surface area is 148 Å². The molecule has 2 saturated carbocycles. The molecule has 1 amide bonds. The molecule has 1 saturated heterocycles. The largest absolute Gasteiger partial charge is 0.392 e. The minimum atomic E-state index is -0.195. The summed E-state index contributed by atoms with van der Waals surface area (Å²) in [6, 6.07) is 0. The first-order chi connectivity index (χ1) is 12.2. The van der Waals surface area contributed by atoms with Gasteiger partial charge in [-0.25, -0.2) is 9.97 Å². The molecule has 25 heavy (non-hydrogen) atoms. The molecule has 0 bridgehead atoms. The van der Waals surface area contributed by atoms with E-state index in [2.05, 4.69) is 15.2 Å². The SMILES string of the molecule is O=C1NCCc2c1nc(C1CC1)nc2N1CCC[C@@]2(CCC[C@H]2O)C1. The Bertz CT molecular complexity index is 718. The number of nitrogens with zero attached hydrogens (tertiary/aromatic N) is 3. The molecule has 0 aromatic carbocycles. The van der Waals surface area contributed by atoms with Crippen molar-refractivity contribution in [2.24, 2.45) is 5.41 Å². The van der Waals surface area contributed by atoms with Crippen molar-refractivity contribution in [2.75, 3.05) is 24.5 Å². The molecule has 2 atom stereocenters. The zero-order valence-corrected chi connectivity index (χ0v) is 14.6. The molecular weight excluding hydrogens is 316 g/mol. The molecule has 5 rings (SSSR count). The van der Waals surface area contributed by atoms with Crippen LogP contribution in [0.5, 0.6) is 0 Å². The number of nitrogens with one attached hydrogen (secondary N) is 1. The number of amides is 1. The van der Waals surface area contributed by atoms with Gasteiger partial charge >= 0.3 is 0 Å². The molecule has 6 heteroatoms. The lowest BCUT2D eigenvalue weighted by atomic mass is 9.76. The van der Waals surface area contributed by atoms with E-state index in [0.29, 0.717) is 18.2 Å². The van der Waals surface area contributed by atoms with E-state index in [1.807, 2.05) is 0 Å². The fourth-order valence-electron chi connectivity index (χ4n) is 5.01. The summed E-state index contributed by atoms with van der Waals surface area (Å²) in [6.45, 7) is 2.49. The zero-order chi connectivity index (χ0) is 17.0. The number of aliphatic hydroxyl groups is 1. The number of aromatic nitrogens is 2. The van der Waals surface area contributed by atoms with Crippen LogP contribution >= 0.6 is 0 Å². The van der Waals surface area contributed by atoms with Crippen LogP contribution in [0.4, 0.5) is 5.82 Å². The van der Waals surface area contributed by atoms with Gasteiger partial charge in [0.05, 0.1) is 6.10 Å². The number of carbonyl (C=O) groups is 1. The number of anilines is 1. The first-order valence-electron chi connectivity index (χ1n) is 9.78. The van der Waals surface area contributed by atoms with E-state index in [1.54, 1.807) is 0 Å². The van der Waals surface area contributed by atoms with E-state index in [9.17, 15) is 9.90 Å². The molecule has 3 fully saturated rings. The summed E-state index contributed by atoms with van der Waals surface area (Å²) >= 11 is 0. The van der Waals surface area contributed by atoms with Crippen LogP contribution in [0.3, 0.4) is 0 Å². The maximum atomic E-state index is 12.4. The van der Waals surface area contributed by atoms with Crippen molar-refractivity contribution in [3.63, 3.8) is 0 Å². The van der Waals surface area contributed by atoms with Crippen LogP contribution in [0.1, 0.15) is 72.7 Å². The monoisotopic (exact) mass is 342 g/mol. The van der Waals surface area contributed by atoms with Gasteiger partial charge in [0.15, 0.2) is 0 Å². The Morgan fingerprint density at radius 3 is 2.76 bits per heavy atom. The molecule has 3 heterocycles. The van der Waals surface area contributed by atoms with Gasteiger partial charge in [-0.1, -0.05) is 6.42 Å². The average Bonchev–Trinajstić information content (AvgIpc) is 3.41. The summed E-state index contributed by atoms with van der Waals surface area (Å²) in [5.74, 6) is 2.19. The number of carbonyl (C=O) groups excluding carboxylic acids is 1. The lowest BCUT2D eigenvalue weighted by Crippen LogP contribution is -2.48. The highest BCUT2D eigenvalue weighted by Crippen LogP contribution is 2.46. The van der Waals surface area contributed by atoms with Crippen LogP contribution in [0, 0.1) is 5.41 Å². The highest BCUT2D eigenvalue weighted by atomic mass is 16.3. The van der Waals surface area contributed by atoms with Gasteiger partial charge in [-0.05, 0) is 44.9 Å². The molecule has 2 N–H and O–H groups in total. The van der Waals surface area contributed by atoms with Crippen molar-refractivity contribution >= 4 is 11.7 Å². The Kier molecular flexibility index (Phi) is 3.52. The van der Waals surface area contributed by atoms with Gasteiger partial charge < -0.3 is 15.3 Å². The Morgan fingerprint density at radius 1 is 1.16 bits per heavy atom. The highest BCUT2D eigenvalue weighted by molar-refractivity contribution is 5.96. The van der Waals surface area contributed by atoms with Crippen molar-refractivity contribution in [2.45, 2.75) is 63.4 Å². The van der Waals surface area contributed by atoms with Gasteiger partial charge in [0.2, 0.25) is 0 Å². The smallest absolute Gasteiger partial charge is 0.270 e. The van der Waals surface area contributed by atoms with Crippen molar-refractivity contribution in [1.29, 1.82) is 0 Å². The van der Waals surface area contributed by atoms with Gasteiger partial charge in [-0.2, -0.15) is 0 Å². The van der Waals surface area contributed by atoms with E-state index in [4.69, 9.17) is 4.98 Å². The number of aliphatic hydroxyl groups excluding tert-OH is 1. The second kappa shape index (κ2) is 5.66. The van der Waals surface area contributed by atoms with Gasteiger partial charge in [0.25, 0.3) is 5.91 Å². The first-order valence-corrected chi connectivity index (χ1v) is 9.78. The molecule has 6 nitrogen and oxygen atoms in total. The van der Waals surface area contributed by atoms with Crippen LogP contribution in [0.15, 0.2) is 0 Å². The van der Waals surface area contributed by atoms with Crippen molar-refractivity contribution in [1.82, 2.24) is 15.3 Å². The third-order valence-corrected chi connectivity index (χ3v) is 6.59. The summed E-state index contributed by atoms with van der Waals surface area (Å²) in [6.07, 6.45) is 8.19. The molecule has 1 aromatic heterocycles. The quantitative estimate of drug-likeness (QED) is 0.856. The molecule has 4 aliphatic rings. The number of hydrogen-bond donors (Lipinski definition) is 2. The van der Waals surface area contributed by atoms with Gasteiger partial charge in [-0.15, -0.1) is 0 Å². The summed E-state index contributed by atoms with van der Waals surface area (Å²) in [4.78, 5) is 24.3. The van der Waals surface area contributed by atoms with Crippen molar-refractivity contribution in [3.05, 3.63) is 17.1 Å². The van der Waals surface area contributed by atoms with Crippen molar-refractivity contribution in [3.8, 4) is 0 Å². The van der Waals surface area contributed by atoms with Crippen LogP contribution in [-0.2, 0) is 6.42 Å². The number of piperidine rings is 1. The molecule has 1 aromatic rings. The summed E-state index contributed by atoms with van der Waals surface area (Å²) in [5.41, 5.74) is 1.62. The standard InChI is InChI=1S/C19H26N4O2/c24-14-3-1-7-19(14)8-2-10-23(11-19)17-13-6-9-20-18(25)15(13)21-16(22-17)12-4-5-12/h12,14,24H,1-11H2,(H,20,25)/t14-,19+/m1/s1. The van der Waals surface area contributed by atoms with Crippen LogP contribution in [0.25, 0.3) is 0 Å². The summed E-state index contributed by atoms with van der Waals surface area (Å²) in [5, 5.41) is 13.5. The molecule has 134 valence electrons. The first kappa shape index (κ1) is 15.6. The lowest BCUT2D eigenvalue weighted by molar-refractivity contribution is 0.0407. The topological polar surface area (TPSA) is 78.4 Å². The highest BCUT2D eigenvalue weighted by Gasteiger charge is 2.45. The Hall–Kier alpha value is -1.69. The average molecular weight is 342 g/mol. The third-order valence-electron chi connectivity index (χ3n) is 6.59. The Morgan fingerprint density at radius 2 is 2.00 bits per heavy atom. The third kappa shape index (κ3) is 2.53. The number of rotatable bonds is 2. The van der Waals surface area contributed by atoms with E-state index < -0.39 is 0 Å². The predicted octanol–water partition coefficient (Wildman–Crippen LogP) is 1.77. The van der Waals surface area contributed by atoms with Gasteiger partial charge in [0, 0.05) is 36.5 Å². The van der Waals surface area contributed by atoms with Gasteiger partial charge in [-0.3, -0.25) is 4.79 Å². The van der Waals surface area contributed by atoms with Crippen LogP contribution < -0.4 is 10.2 Å². The predicted molar refractivity (Wildman–Crippen MR) is 93.8 cm³/mol. The minimum Gasteiger partial charge on any atom is -0.392 e. The minimum absolute atomic E-state index is 0.0206. The van der Waals surface area contributed by atoms with E-state index in [1.165, 1.54) is 0 Å². The Balaban J connectivity index is 1.55. The molecule has 2 aliphatic carbocycles. The maximum absolute atomic E-state index is 12.4. The molecular formula is C19H26N4O2. The maximum Gasteiger partial charge on any atom is 0.270 e. The number of fused-ring (bicyclic) bond motifs is 1. The second-order valence-corrected chi connectivity index (χ2v) is 8.31. The molecule has 2 aliphatic heterocycles.